The Bertz CT molecular complexity index is 1370. The summed E-state index contributed by atoms with van der Waals surface area (Å²) in [7, 11) is 3.16. The standard InChI is InChI=1S/C25H23N5O6/c1-34-17-7-3-14(4-8-17)21(22-26-27-28-30(22)16-5-9-18(35-2)10-6-16)29-13-15-11-19-12-20(23(31)32)25(15,36-19)24(29)33/h3-11,19-21H,12-13H2,1-2H3,(H,31,32)/t19-,20-,21+,25+/m0/s1. The van der Waals surface area contributed by atoms with E-state index in [1.54, 1.807) is 48.1 Å². The molecule has 36 heavy (non-hydrogen) atoms. The van der Waals surface area contributed by atoms with E-state index >= 15 is 0 Å². The van der Waals surface area contributed by atoms with E-state index in [9.17, 15) is 14.7 Å². The number of tetrazole rings is 1. The smallest absolute Gasteiger partial charge is 0.310 e. The van der Waals surface area contributed by atoms with Gasteiger partial charge in [-0.3, -0.25) is 9.59 Å². The number of nitrogens with zero attached hydrogens (tertiary/aromatic N) is 5. The molecule has 0 saturated carbocycles. The van der Waals surface area contributed by atoms with Crippen molar-refractivity contribution in [3.8, 4) is 17.2 Å². The highest BCUT2D eigenvalue weighted by Gasteiger charge is 2.68. The van der Waals surface area contributed by atoms with Crippen LogP contribution in [0.1, 0.15) is 23.9 Å². The van der Waals surface area contributed by atoms with Gasteiger partial charge in [0, 0.05) is 6.54 Å². The molecule has 0 aliphatic carbocycles. The van der Waals surface area contributed by atoms with Gasteiger partial charge in [0.1, 0.15) is 23.5 Å². The zero-order chi connectivity index (χ0) is 25.0. The summed E-state index contributed by atoms with van der Waals surface area (Å²) in [6.45, 7) is 0.214. The number of rotatable bonds is 7. The third kappa shape index (κ3) is 3.12. The largest absolute Gasteiger partial charge is 0.497 e. The summed E-state index contributed by atoms with van der Waals surface area (Å²) in [5.41, 5.74) is 0.615. The first-order chi connectivity index (χ1) is 17.5. The molecule has 1 spiro atoms. The maximum absolute atomic E-state index is 14.0. The molecule has 2 saturated heterocycles. The van der Waals surface area contributed by atoms with Crippen molar-refractivity contribution in [1.29, 1.82) is 0 Å². The van der Waals surface area contributed by atoms with Crippen LogP contribution in [0.4, 0.5) is 0 Å². The Kier molecular flexibility index (Phi) is 5.04. The van der Waals surface area contributed by atoms with E-state index in [1.165, 1.54) is 0 Å². The predicted octanol–water partition coefficient (Wildman–Crippen LogP) is 1.78. The van der Waals surface area contributed by atoms with E-state index in [4.69, 9.17) is 14.2 Å². The molecule has 11 heteroatoms. The van der Waals surface area contributed by atoms with Crippen LogP contribution in [0.3, 0.4) is 0 Å². The maximum atomic E-state index is 14.0. The molecule has 4 atom stereocenters. The van der Waals surface area contributed by atoms with Crippen LogP contribution < -0.4 is 9.47 Å². The van der Waals surface area contributed by atoms with Crippen molar-refractivity contribution >= 4 is 11.9 Å². The number of fused-ring (bicyclic) bond motifs is 1. The van der Waals surface area contributed by atoms with Crippen LogP contribution in [0.5, 0.6) is 11.5 Å². The lowest BCUT2D eigenvalue weighted by Gasteiger charge is -2.30. The lowest BCUT2D eigenvalue weighted by molar-refractivity contribution is -0.157. The van der Waals surface area contributed by atoms with Crippen LogP contribution in [-0.2, 0) is 14.3 Å². The highest BCUT2D eigenvalue weighted by Crippen LogP contribution is 2.54. The number of benzene rings is 2. The molecule has 11 nitrogen and oxygen atoms in total. The van der Waals surface area contributed by atoms with E-state index in [-0.39, 0.29) is 19.1 Å². The van der Waals surface area contributed by atoms with Gasteiger partial charge >= 0.3 is 5.97 Å². The number of carboxylic acid groups (broad SMARTS) is 1. The van der Waals surface area contributed by atoms with Crippen molar-refractivity contribution in [2.75, 3.05) is 20.8 Å². The summed E-state index contributed by atoms with van der Waals surface area (Å²) < 4.78 is 18.2. The second-order valence-electron chi connectivity index (χ2n) is 8.97. The maximum Gasteiger partial charge on any atom is 0.310 e. The number of methoxy groups -OCH3 is 2. The van der Waals surface area contributed by atoms with E-state index < -0.39 is 29.4 Å². The summed E-state index contributed by atoms with van der Waals surface area (Å²) in [6.07, 6.45) is 1.79. The normalized spacial score (nSPS) is 25.0. The first-order valence-electron chi connectivity index (χ1n) is 11.5. The molecule has 3 aliphatic heterocycles. The summed E-state index contributed by atoms with van der Waals surface area (Å²) in [4.78, 5) is 27.7. The quantitative estimate of drug-likeness (QED) is 0.494. The molecule has 2 bridgehead atoms. The van der Waals surface area contributed by atoms with E-state index in [1.807, 2.05) is 30.3 Å². The van der Waals surface area contributed by atoms with Crippen molar-refractivity contribution in [2.45, 2.75) is 24.2 Å². The number of carbonyl (C=O) groups excluding carboxylic acids is 1. The van der Waals surface area contributed by atoms with Gasteiger partial charge in [-0.15, -0.1) is 5.10 Å². The predicted molar refractivity (Wildman–Crippen MR) is 124 cm³/mol. The number of hydrogen-bond acceptors (Lipinski definition) is 8. The van der Waals surface area contributed by atoms with Crippen molar-refractivity contribution < 1.29 is 28.9 Å². The minimum absolute atomic E-state index is 0.214. The monoisotopic (exact) mass is 489 g/mol. The second kappa shape index (κ2) is 8.16. The van der Waals surface area contributed by atoms with Gasteiger partial charge in [0.05, 0.1) is 26.0 Å². The van der Waals surface area contributed by atoms with Gasteiger partial charge in [-0.1, -0.05) is 18.2 Å². The summed E-state index contributed by atoms with van der Waals surface area (Å²) in [5.74, 6) is -0.632. The lowest BCUT2D eigenvalue weighted by Crippen LogP contribution is -2.48. The molecular formula is C25H23N5O6. The van der Waals surface area contributed by atoms with Crippen LogP contribution in [0, 0.1) is 5.92 Å². The van der Waals surface area contributed by atoms with Crippen LogP contribution >= 0.6 is 0 Å². The molecule has 1 aromatic heterocycles. The number of aromatic nitrogens is 4. The molecule has 2 aromatic carbocycles. The number of carboxylic acids is 1. The fourth-order valence-corrected chi connectivity index (χ4v) is 5.50. The average molecular weight is 489 g/mol. The van der Waals surface area contributed by atoms with E-state index in [0.29, 0.717) is 28.6 Å². The second-order valence-corrected chi connectivity index (χ2v) is 8.97. The number of amides is 1. The highest BCUT2D eigenvalue weighted by atomic mass is 16.5. The van der Waals surface area contributed by atoms with Crippen LogP contribution in [0.2, 0.25) is 0 Å². The highest BCUT2D eigenvalue weighted by molar-refractivity contribution is 5.99. The van der Waals surface area contributed by atoms with Crippen LogP contribution in [0.25, 0.3) is 5.69 Å². The van der Waals surface area contributed by atoms with Crippen molar-refractivity contribution in [3.05, 3.63) is 71.6 Å². The molecule has 6 rings (SSSR count). The fraction of sp³-hybridized carbons (Fsp3) is 0.320. The molecule has 184 valence electrons. The Morgan fingerprint density at radius 2 is 1.78 bits per heavy atom. The molecule has 3 aliphatic rings. The zero-order valence-corrected chi connectivity index (χ0v) is 19.6. The molecule has 1 amide bonds. The third-order valence-electron chi connectivity index (χ3n) is 7.18. The van der Waals surface area contributed by atoms with Gasteiger partial charge in [-0.25, -0.2) is 0 Å². The molecule has 2 fully saturated rings. The minimum Gasteiger partial charge on any atom is -0.497 e. The molecule has 0 radical (unpaired) electrons. The van der Waals surface area contributed by atoms with Gasteiger partial charge in [0.25, 0.3) is 5.91 Å². The number of ether oxygens (including phenoxy) is 3. The molecular weight excluding hydrogens is 466 g/mol. The Balaban J connectivity index is 1.47. The third-order valence-corrected chi connectivity index (χ3v) is 7.18. The van der Waals surface area contributed by atoms with E-state index in [0.717, 1.165) is 5.56 Å². The van der Waals surface area contributed by atoms with Gasteiger partial charge in [0.15, 0.2) is 11.4 Å². The molecule has 4 heterocycles. The first-order valence-corrected chi connectivity index (χ1v) is 11.5. The number of carbonyl (C=O) groups is 2. The number of aliphatic carboxylic acids is 1. The topological polar surface area (TPSA) is 129 Å². The van der Waals surface area contributed by atoms with Gasteiger partial charge in [-0.05, 0) is 64.4 Å². The van der Waals surface area contributed by atoms with Gasteiger partial charge in [-0.2, -0.15) is 4.68 Å². The summed E-state index contributed by atoms with van der Waals surface area (Å²) in [6, 6.07) is 13.8. The lowest BCUT2D eigenvalue weighted by atomic mass is 9.78. The van der Waals surface area contributed by atoms with E-state index in [2.05, 4.69) is 15.5 Å². The Morgan fingerprint density at radius 3 is 2.42 bits per heavy atom. The number of likely N-dealkylation sites (tertiary alicyclic amines) is 1. The summed E-state index contributed by atoms with van der Waals surface area (Å²) in [5, 5.41) is 22.3. The van der Waals surface area contributed by atoms with Crippen molar-refractivity contribution in [3.63, 3.8) is 0 Å². The zero-order valence-electron chi connectivity index (χ0n) is 19.6. The average Bonchev–Trinajstić information content (AvgIpc) is 3.67. The molecule has 3 aromatic rings. The SMILES string of the molecule is COc1ccc([C@H](c2nnnn2-c2ccc(OC)cc2)N2CC3=C[C@H]4C[C@@H](C(=O)O)[C@@]3(O4)C2=O)cc1. The Labute approximate surface area is 205 Å². The molecule has 1 N–H and O–H groups in total. The first kappa shape index (κ1) is 22.2. The van der Waals surface area contributed by atoms with Crippen molar-refractivity contribution in [2.24, 2.45) is 5.92 Å². The number of hydrogen-bond donors (Lipinski definition) is 1. The fourth-order valence-electron chi connectivity index (χ4n) is 5.50. The Hall–Kier alpha value is -4.25. The van der Waals surface area contributed by atoms with Crippen LogP contribution in [-0.4, -0.2) is 74.6 Å². The summed E-state index contributed by atoms with van der Waals surface area (Å²) >= 11 is 0. The van der Waals surface area contributed by atoms with Crippen molar-refractivity contribution in [1.82, 2.24) is 25.1 Å². The Morgan fingerprint density at radius 1 is 1.11 bits per heavy atom. The van der Waals surface area contributed by atoms with Crippen LogP contribution in [0.15, 0.2) is 60.2 Å². The van der Waals surface area contributed by atoms with Gasteiger partial charge in [0.2, 0.25) is 0 Å². The minimum atomic E-state index is -1.49. The van der Waals surface area contributed by atoms with Gasteiger partial charge < -0.3 is 24.2 Å². The molecule has 0 unspecified atom stereocenters.